The maximum absolute atomic E-state index is 13.3. The summed E-state index contributed by atoms with van der Waals surface area (Å²) in [5.74, 6) is -0.756. The summed E-state index contributed by atoms with van der Waals surface area (Å²) in [4.78, 5) is 30.0. The van der Waals surface area contributed by atoms with Crippen molar-refractivity contribution in [1.29, 1.82) is 0 Å². The Morgan fingerprint density at radius 1 is 0.970 bits per heavy atom. The fraction of sp³-hybridized carbons (Fsp3) is 0.208. The molecular weight excluding hydrogens is 435 g/mol. The van der Waals surface area contributed by atoms with Crippen molar-refractivity contribution in [3.63, 3.8) is 0 Å². The van der Waals surface area contributed by atoms with E-state index in [4.69, 9.17) is 10.5 Å². The molecular formula is C24H20F3N3O3. The number of pyridine rings is 1. The van der Waals surface area contributed by atoms with Crippen molar-refractivity contribution in [1.82, 2.24) is 9.88 Å². The van der Waals surface area contributed by atoms with E-state index in [1.54, 1.807) is 36.4 Å². The van der Waals surface area contributed by atoms with Crippen molar-refractivity contribution >= 4 is 11.8 Å². The normalized spacial score (nSPS) is 13.7. The van der Waals surface area contributed by atoms with Crippen molar-refractivity contribution in [2.75, 3.05) is 13.1 Å². The van der Waals surface area contributed by atoms with E-state index in [2.05, 4.69) is 4.98 Å². The van der Waals surface area contributed by atoms with Gasteiger partial charge in [-0.15, -0.1) is 0 Å². The molecule has 0 saturated carbocycles. The van der Waals surface area contributed by atoms with Gasteiger partial charge in [-0.2, -0.15) is 13.2 Å². The quantitative estimate of drug-likeness (QED) is 0.593. The maximum Gasteiger partial charge on any atom is 0.416 e. The minimum absolute atomic E-state index is 0.0431. The zero-order chi connectivity index (χ0) is 23.6. The Morgan fingerprint density at radius 2 is 1.67 bits per heavy atom. The summed E-state index contributed by atoms with van der Waals surface area (Å²) in [6, 6.07) is 14.4. The third-order valence-electron chi connectivity index (χ3n) is 5.31. The molecule has 2 aromatic carbocycles. The van der Waals surface area contributed by atoms with Crippen molar-refractivity contribution in [3.05, 3.63) is 77.5 Å². The van der Waals surface area contributed by atoms with Gasteiger partial charge >= 0.3 is 6.18 Å². The molecule has 1 fully saturated rings. The second-order valence-electron chi connectivity index (χ2n) is 7.61. The number of amides is 2. The molecule has 2 heterocycles. The lowest BCUT2D eigenvalue weighted by Crippen LogP contribution is -2.28. The molecule has 2 amide bonds. The number of rotatable bonds is 5. The minimum Gasteiger partial charge on any atom is -0.457 e. The molecule has 0 bridgehead atoms. The highest BCUT2D eigenvalue weighted by molar-refractivity contribution is 5.97. The van der Waals surface area contributed by atoms with E-state index in [0.29, 0.717) is 30.1 Å². The number of ether oxygens (including phenoxy) is 1. The summed E-state index contributed by atoms with van der Waals surface area (Å²) in [7, 11) is 0. The number of benzene rings is 2. The van der Waals surface area contributed by atoms with E-state index in [0.717, 1.165) is 31.0 Å². The number of nitrogens with zero attached hydrogens (tertiary/aromatic N) is 2. The van der Waals surface area contributed by atoms with E-state index in [1.165, 1.54) is 11.0 Å². The standard InChI is InChI=1S/C24H20F3N3O3/c25-24(26,27)16-8-11-21(18(14-16)23(32)30-12-1-2-13-30)33-17-9-6-15(7-10-17)19-4-3-5-20(29-19)22(28)31/h3-11,14H,1-2,12-13H2,(H2,28,31). The second-order valence-corrected chi connectivity index (χ2v) is 7.61. The number of hydrogen-bond donors (Lipinski definition) is 1. The van der Waals surface area contributed by atoms with Gasteiger partial charge in [0.1, 0.15) is 17.2 Å². The zero-order valence-corrected chi connectivity index (χ0v) is 17.4. The second kappa shape index (κ2) is 8.93. The van der Waals surface area contributed by atoms with Crippen molar-refractivity contribution in [3.8, 4) is 22.8 Å². The molecule has 0 atom stereocenters. The van der Waals surface area contributed by atoms with Gasteiger partial charge in [-0.25, -0.2) is 4.98 Å². The highest BCUT2D eigenvalue weighted by atomic mass is 19.4. The third kappa shape index (κ3) is 4.97. The van der Waals surface area contributed by atoms with E-state index >= 15 is 0 Å². The summed E-state index contributed by atoms with van der Waals surface area (Å²) < 4.78 is 45.6. The van der Waals surface area contributed by atoms with Gasteiger partial charge in [-0.3, -0.25) is 9.59 Å². The zero-order valence-electron chi connectivity index (χ0n) is 17.4. The van der Waals surface area contributed by atoms with E-state index < -0.39 is 23.6 Å². The largest absolute Gasteiger partial charge is 0.457 e. The van der Waals surface area contributed by atoms with Gasteiger partial charge in [0.15, 0.2) is 0 Å². The van der Waals surface area contributed by atoms with Crippen LogP contribution in [0.4, 0.5) is 13.2 Å². The van der Waals surface area contributed by atoms with Crippen LogP contribution in [0.15, 0.2) is 60.7 Å². The minimum atomic E-state index is -4.58. The molecule has 1 aromatic heterocycles. The number of hydrogen-bond acceptors (Lipinski definition) is 4. The number of nitrogens with two attached hydrogens (primary N) is 1. The summed E-state index contributed by atoms with van der Waals surface area (Å²) in [6.45, 7) is 1.00. The van der Waals surface area contributed by atoms with Gasteiger partial charge in [0.05, 0.1) is 16.8 Å². The Labute approximate surface area is 187 Å². The molecule has 33 heavy (non-hydrogen) atoms. The SMILES string of the molecule is NC(=O)c1cccc(-c2ccc(Oc3ccc(C(F)(F)F)cc3C(=O)N3CCCC3)cc2)n1. The smallest absolute Gasteiger partial charge is 0.416 e. The molecule has 1 saturated heterocycles. The summed E-state index contributed by atoms with van der Waals surface area (Å²) >= 11 is 0. The van der Waals surface area contributed by atoms with E-state index in [1.807, 2.05) is 0 Å². The maximum atomic E-state index is 13.3. The molecule has 0 spiro atoms. The van der Waals surface area contributed by atoms with Gasteiger partial charge < -0.3 is 15.4 Å². The fourth-order valence-electron chi connectivity index (χ4n) is 3.61. The molecule has 1 aliphatic heterocycles. The van der Waals surface area contributed by atoms with Crippen LogP contribution in [0.2, 0.25) is 0 Å². The first-order valence-corrected chi connectivity index (χ1v) is 10.3. The van der Waals surface area contributed by atoms with Crippen LogP contribution in [0.25, 0.3) is 11.3 Å². The number of carbonyl (C=O) groups is 2. The molecule has 2 N–H and O–H groups in total. The van der Waals surface area contributed by atoms with E-state index in [9.17, 15) is 22.8 Å². The van der Waals surface area contributed by atoms with Crippen LogP contribution in [-0.4, -0.2) is 34.8 Å². The van der Waals surface area contributed by atoms with Crippen LogP contribution < -0.4 is 10.5 Å². The Kier molecular flexibility index (Phi) is 6.04. The predicted octanol–water partition coefficient (Wildman–Crippen LogP) is 4.89. The van der Waals surface area contributed by atoms with Gasteiger partial charge in [-0.05, 0) is 67.4 Å². The van der Waals surface area contributed by atoms with Crippen LogP contribution in [0, 0.1) is 0 Å². The van der Waals surface area contributed by atoms with Gasteiger partial charge in [0.2, 0.25) is 0 Å². The molecule has 4 rings (SSSR count). The van der Waals surface area contributed by atoms with Crippen molar-refractivity contribution < 1.29 is 27.5 Å². The summed E-state index contributed by atoms with van der Waals surface area (Å²) in [5.41, 5.74) is 5.57. The molecule has 1 aliphatic rings. The topological polar surface area (TPSA) is 85.5 Å². The predicted molar refractivity (Wildman–Crippen MR) is 115 cm³/mol. The first kappa shape index (κ1) is 22.3. The fourth-order valence-corrected chi connectivity index (χ4v) is 3.61. The molecule has 0 aliphatic carbocycles. The highest BCUT2D eigenvalue weighted by Gasteiger charge is 2.33. The lowest BCUT2D eigenvalue weighted by molar-refractivity contribution is -0.137. The average molecular weight is 455 g/mol. The Bertz CT molecular complexity index is 1190. The Balaban J connectivity index is 1.62. The first-order chi connectivity index (χ1) is 15.7. The number of primary amides is 1. The van der Waals surface area contributed by atoms with Crippen molar-refractivity contribution in [2.24, 2.45) is 5.73 Å². The molecule has 9 heteroatoms. The molecule has 0 unspecified atom stereocenters. The van der Waals surface area contributed by atoms with Gasteiger partial charge in [0, 0.05) is 18.7 Å². The van der Waals surface area contributed by atoms with Crippen molar-refractivity contribution in [2.45, 2.75) is 19.0 Å². The van der Waals surface area contributed by atoms with Crippen LogP contribution >= 0.6 is 0 Å². The van der Waals surface area contributed by atoms with Crippen LogP contribution in [0.3, 0.4) is 0 Å². The number of alkyl halides is 3. The molecule has 0 radical (unpaired) electrons. The number of carbonyl (C=O) groups excluding carboxylic acids is 2. The highest BCUT2D eigenvalue weighted by Crippen LogP contribution is 2.35. The van der Waals surface area contributed by atoms with Gasteiger partial charge in [-0.1, -0.05) is 6.07 Å². The molecule has 170 valence electrons. The number of halogens is 3. The third-order valence-corrected chi connectivity index (χ3v) is 5.31. The monoisotopic (exact) mass is 455 g/mol. The number of likely N-dealkylation sites (tertiary alicyclic amines) is 1. The Hall–Kier alpha value is -3.88. The van der Waals surface area contributed by atoms with E-state index in [-0.39, 0.29) is 17.0 Å². The summed E-state index contributed by atoms with van der Waals surface area (Å²) in [6.07, 6.45) is -2.95. The van der Waals surface area contributed by atoms with Crippen LogP contribution in [-0.2, 0) is 6.18 Å². The lowest BCUT2D eigenvalue weighted by Gasteiger charge is -2.19. The summed E-state index contributed by atoms with van der Waals surface area (Å²) in [5, 5.41) is 0. The van der Waals surface area contributed by atoms with Gasteiger partial charge in [0.25, 0.3) is 11.8 Å². The molecule has 6 nitrogen and oxygen atoms in total. The average Bonchev–Trinajstić information content (AvgIpc) is 3.34. The molecule has 3 aromatic rings. The lowest BCUT2D eigenvalue weighted by atomic mass is 10.1. The Morgan fingerprint density at radius 3 is 2.30 bits per heavy atom. The van der Waals surface area contributed by atoms with Crippen LogP contribution in [0.1, 0.15) is 39.3 Å². The first-order valence-electron chi connectivity index (χ1n) is 10.3. The van der Waals surface area contributed by atoms with Crippen LogP contribution in [0.5, 0.6) is 11.5 Å². The number of aromatic nitrogens is 1.